The summed E-state index contributed by atoms with van der Waals surface area (Å²) in [4.78, 5) is 11.5. The molecule has 76 valence electrons. The SMILES string of the molecule is O=C(NC1CCCNC1)c1ccon1. The fraction of sp³-hybridized carbons (Fsp3) is 0.556. The predicted molar refractivity (Wildman–Crippen MR) is 49.9 cm³/mol. The lowest BCUT2D eigenvalue weighted by Gasteiger charge is -2.23. The molecule has 1 saturated heterocycles. The van der Waals surface area contributed by atoms with Crippen LogP contribution in [-0.4, -0.2) is 30.2 Å². The summed E-state index contributed by atoms with van der Waals surface area (Å²) in [5.41, 5.74) is 0.343. The molecule has 1 fully saturated rings. The van der Waals surface area contributed by atoms with Gasteiger partial charge in [0.05, 0.1) is 0 Å². The average Bonchev–Trinajstić information content (AvgIpc) is 2.72. The molecule has 0 radical (unpaired) electrons. The van der Waals surface area contributed by atoms with E-state index in [9.17, 15) is 4.79 Å². The third-order valence-electron chi connectivity index (χ3n) is 2.30. The van der Waals surface area contributed by atoms with Crippen molar-refractivity contribution >= 4 is 5.91 Å². The van der Waals surface area contributed by atoms with E-state index >= 15 is 0 Å². The minimum atomic E-state index is -0.160. The highest BCUT2D eigenvalue weighted by Gasteiger charge is 2.17. The summed E-state index contributed by atoms with van der Waals surface area (Å²) in [5.74, 6) is -0.160. The highest BCUT2D eigenvalue weighted by atomic mass is 16.5. The van der Waals surface area contributed by atoms with Crippen molar-refractivity contribution in [2.75, 3.05) is 13.1 Å². The molecule has 0 aliphatic carbocycles. The Kier molecular flexibility index (Phi) is 2.78. The lowest BCUT2D eigenvalue weighted by atomic mass is 10.1. The van der Waals surface area contributed by atoms with Crippen LogP contribution in [-0.2, 0) is 0 Å². The summed E-state index contributed by atoms with van der Waals surface area (Å²) in [6.45, 7) is 1.87. The van der Waals surface area contributed by atoms with E-state index in [4.69, 9.17) is 0 Å². The van der Waals surface area contributed by atoms with Gasteiger partial charge in [0, 0.05) is 18.7 Å². The van der Waals surface area contributed by atoms with E-state index in [2.05, 4.69) is 20.3 Å². The van der Waals surface area contributed by atoms with Crippen LogP contribution in [0.1, 0.15) is 23.3 Å². The largest absolute Gasteiger partial charge is 0.364 e. The van der Waals surface area contributed by atoms with E-state index in [1.165, 1.54) is 6.26 Å². The lowest BCUT2D eigenvalue weighted by Crippen LogP contribution is -2.45. The van der Waals surface area contributed by atoms with Crippen LogP contribution >= 0.6 is 0 Å². The fourth-order valence-electron chi connectivity index (χ4n) is 1.56. The van der Waals surface area contributed by atoms with Crippen LogP contribution in [0.15, 0.2) is 16.9 Å². The van der Waals surface area contributed by atoms with Crippen LogP contribution in [0.5, 0.6) is 0 Å². The van der Waals surface area contributed by atoms with Crippen molar-refractivity contribution < 1.29 is 9.32 Å². The Morgan fingerprint density at radius 3 is 3.29 bits per heavy atom. The molecule has 2 heterocycles. The van der Waals surface area contributed by atoms with Gasteiger partial charge in [0.15, 0.2) is 5.69 Å². The number of amides is 1. The Morgan fingerprint density at radius 2 is 2.64 bits per heavy atom. The maximum atomic E-state index is 11.5. The van der Waals surface area contributed by atoms with Crippen molar-refractivity contribution in [1.29, 1.82) is 0 Å². The molecular weight excluding hydrogens is 182 g/mol. The maximum absolute atomic E-state index is 11.5. The Balaban J connectivity index is 1.87. The van der Waals surface area contributed by atoms with E-state index in [0.29, 0.717) is 5.69 Å². The summed E-state index contributed by atoms with van der Waals surface area (Å²) < 4.78 is 4.60. The van der Waals surface area contributed by atoms with Gasteiger partial charge >= 0.3 is 0 Å². The van der Waals surface area contributed by atoms with Crippen LogP contribution in [0.3, 0.4) is 0 Å². The maximum Gasteiger partial charge on any atom is 0.273 e. The molecule has 0 bridgehead atoms. The molecule has 5 nitrogen and oxygen atoms in total. The van der Waals surface area contributed by atoms with Gasteiger partial charge in [0.25, 0.3) is 5.91 Å². The normalized spacial score (nSPS) is 21.9. The van der Waals surface area contributed by atoms with Crippen molar-refractivity contribution in [2.45, 2.75) is 18.9 Å². The number of nitrogens with one attached hydrogen (secondary N) is 2. The standard InChI is InChI=1S/C9H13N3O2/c13-9(8-3-5-14-12-8)11-7-2-1-4-10-6-7/h3,5,7,10H,1-2,4,6H2,(H,11,13). The van der Waals surface area contributed by atoms with Crippen molar-refractivity contribution in [1.82, 2.24) is 15.8 Å². The molecule has 1 amide bonds. The van der Waals surface area contributed by atoms with Gasteiger partial charge in [-0.15, -0.1) is 0 Å². The zero-order valence-corrected chi connectivity index (χ0v) is 7.82. The fourth-order valence-corrected chi connectivity index (χ4v) is 1.56. The summed E-state index contributed by atoms with van der Waals surface area (Å²) in [6.07, 6.45) is 3.52. The molecule has 5 heteroatoms. The smallest absolute Gasteiger partial charge is 0.273 e. The number of aromatic nitrogens is 1. The molecule has 2 N–H and O–H groups in total. The molecule has 14 heavy (non-hydrogen) atoms. The zero-order valence-electron chi connectivity index (χ0n) is 7.82. The summed E-state index contributed by atoms with van der Waals surface area (Å²) in [6, 6.07) is 1.78. The Hall–Kier alpha value is -1.36. The van der Waals surface area contributed by atoms with Crippen LogP contribution in [0.25, 0.3) is 0 Å². The second-order valence-corrected chi connectivity index (χ2v) is 3.40. The van der Waals surface area contributed by atoms with E-state index in [-0.39, 0.29) is 11.9 Å². The monoisotopic (exact) mass is 195 g/mol. The van der Waals surface area contributed by atoms with Crippen molar-refractivity contribution in [3.63, 3.8) is 0 Å². The Labute approximate surface area is 81.8 Å². The van der Waals surface area contributed by atoms with Gasteiger partial charge in [0.2, 0.25) is 0 Å². The van der Waals surface area contributed by atoms with Crippen molar-refractivity contribution in [3.8, 4) is 0 Å². The van der Waals surface area contributed by atoms with Crippen LogP contribution in [0.2, 0.25) is 0 Å². The first kappa shape index (κ1) is 9.21. The first-order valence-corrected chi connectivity index (χ1v) is 4.78. The summed E-state index contributed by atoms with van der Waals surface area (Å²) in [5, 5.41) is 9.70. The highest BCUT2D eigenvalue weighted by Crippen LogP contribution is 2.02. The molecule has 0 saturated carbocycles. The molecule has 0 aromatic carbocycles. The Bertz CT molecular complexity index is 291. The molecule has 0 spiro atoms. The first-order valence-electron chi connectivity index (χ1n) is 4.78. The molecule has 1 unspecified atom stereocenters. The van der Waals surface area contributed by atoms with Crippen molar-refractivity contribution in [2.24, 2.45) is 0 Å². The third kappa shape index (κ3) is 2.11. The number of piperidine rings is 1. The number of rotatable bonds is 2. The third-order valence-corrected chi connectivity index (χ3v) is 2.30. The second kappa shape index (κ2) is 4.23. The second-order valence-electron chi connectivity index (χ2n) is 3.40. The van der Waals surface area contributed by atoms with Gasteiger partial charge < -0.3 is 15.2 Å². The van der Waals surface area contributed by atoms with E-state index in [1.807, 2.05) is 0 Å². The van der Waals surface area contributed by atoms with Gasteiger partial charge in [-0.1, -0.05) is 5.16 Å². The molecule has 1 aromatic heterocycles. The van der Waals surface area contributed by atoms with Gasteiger partial charge in [-0.05, 0) is 19.4 Å². The topological polar surface area (TPSA) is 67.2 Å². The molecule has 1 aliphatic heterocycles. The number of hydrogen-bond acceptors (Lipinski definition) is 4. The average molecular weight is 195 g/mol. The van der Waals surface area contributed by atoms with E-state index < -0.39 is 0 Å². The zero-order chi connectivity index (χ0) is 9.80. The number of nitrogens with zero attached hydrogens (tertiary/aromatic N) is 1. The predicted octanol–water partition coefficient (Wildman–Crippen LogP) is 0.156. The van der Waals surface area contributed by atoms with Gasteiger partial charge in [-0.2, -0.15) is 0 Å². The number of carbonyl (C=O) groups is 1. The van der Waals surface area contributed by atoms with E-state index in [0.717, 1.165) is 25.9 Å². The molecule has 1 aromatic rings. The highest BCUT2D eigenvalue weighted by molar-refractivity contribution is 5.92. The van der Waals surface area contributed by atoms with Crippen molar-refractivity contribution in [3.05, 3.63) is 18.0 Å². The summed E-state index contributed by atoms with van der Waals surface area (Å²) >= 11 is 0. The minimum absolute atomic E-state index is 0.160. The number of carbonyl (C=O) groups excluding carboxylic acids is 1. The van der Waals surface area contributed by atoms with Crippen LogP contribution < -0.4 is 10.6 Å². The first-order chi connectivity index (χ1) is 6.86. The van der Waals surface area contributed by atoms with Crippen LogP contribution in [0, 0.1) is 0 Å². The number of hydrogen-bond donors (Lipinski definition) is 2. The van der Waals surface area contributed by atoms with E-state index in [1.54, 1.807) is 6.07 Å². The summed E-state index contributed by atoms with van der Waals surface area (Å²) in [7, 11) is 0. The molecule has 1 atom stereocenters. The van der Waals surface area contributed by atoms with Gasteiger partial charge in [-0.25, -0.2) is 0 Å². The minimum Gasteiger partial charge on any atom is -0.364 e. The lowest BCUT2D eigenvalue weighted by molar-refractivity contribution is 0.0921. The van der Waals surface area contributed by atoms with Crippen LogP contribution in [0.4, 0.5) is 0 Å². The molecular formula is C9H13N3O2. The van der Waals surface area contributed by atoms with Gasteiger partial charge in [0.1, 0.15) is 6.26 Å². The van der Waals surface area contributed by atoms with Gasteiger partial charge in [-0.3, -0.25) is 4.79 Å². The molecule has 1 aliphatic rings. The molecule has 2 rings (SSSR count). The quantitative estimate of drug-likeness (QED) is 0.705. The Morgan fingerprint density at radius 1 is 1.71 bits per heavy atom.